The molecule has 3 heterocycles. The van der Waals surface area contributed by atoms with Crippen molar-refractivity contribution >= 4 is 60.0 Å². The molecule has 0 N–H and O–H groups in total. The molecule has 3 aromatic heterocycles. The van der Waals surface area contributed by atoms with Gasteiger partial charge in [-0.25, -0.2) is 0 Å². The van der Waals surface area contributed by atoms with Crippen LogP contribution in [0, 0.1) is 0 Å². The molecule has 5 aromatic carbocycles. The Kier molecular flexibility index (Phi) is 2.93. The average Bonchev–Trinajstić information content (AvgIpc) is 3.57. The summed E-state index contributed by atoms with van der Waals surface area (Å²) >= 11 is 0. The van der Waals surface area contributed by atoms with E-state index in [1.54, 1.807) is 0 Å². The lowest BCUT2D eigenvalue weighted by atomic mass is 9.80. The summed E-state index contributed by atoms with van der Waals surface area (Å²) in [6, 6.07) is 33.2. The molecule has 164 valence electrons. The number of rotatable bonds is 0. The Labute approximate surface area is 201 Å². The molecule has 35 heavy (non-hydrogen) atoms. The van der Waals surface area contributed by atoms with Crippen molar-refractivity contribution in [1.29, 1.82) is 0 Å². The predicted octanol–water partition coefficient (Wildman–Crippen LogP) is 9.04. The van der Waals surface area contributed by atoms with Crippen molar-refractivity contribution in [3.8, 4) is 11.1 Å². The second-order valence-electron chi connectivity index (χ2n) is 10.6. The van der Waals surface area contributed by atoms with Gasteiger partial charge in [-0.1, -0.05) is 74.5 Å². The minimum atomic E-state index is -0.0822. The van der Waals surface area contributed by atoms with E-state index in [4.69, 9.17) is 4.42 Å². The Morgan fingerprint density at radius 3 is 2.29 bits per heavy atom. The Balaban J connectivity index is 1.61. The fourth-order valence-corrected chi connectivity index (χ4v) is 7.04. The van der Waals surface area contributed by atoms with Crippen LogP contribution in [0.25, 0.3) is 71.2 Å². The average molecular weight is 448 g/mol. The molecule has 0 saturated carbocycles. The van der Waals surface area contributed by atoms with Crippen LogP contribution in [0.3, 0.4) is 0 Å². The zero-order valence-electron chi connectivity index (χ0n) is 19.5. The maximum Gasteiger partial charge on any atom is 0.136 e. The van der Waals surface area contributed by atoms with Crippen molar-refractivity contribution in [3.63, 3.8) is 0 Å². The van der Waals surface area contributed by atoms with Crippen LogP contribution < -0.4 is 0 Å². The van der Waals surface area contributed by atoms with Gasteiger partial charge in [0.2, 0.25) is 0 Å². The Hall–Kier alpha value is -4.30. The van der Waals surface area contributed by atoms with E-state index >= 15 is 0 Å². The lowest BCUT2D eigenvalue weighted by molar-refractivity contribution is 0.666. The first kappa shape index (κ1) is 18.1. The molecular weight excluding hydrogens is 426 g/mol. The molecular formula is C33H21NO. The quantitative estimate of drug-likeness (QED) is 0.227. The fourth-order valence-electron chi connectivity index (χ4n) is 7.04. The zero-order chi connectivity index (χ0) is 23.1. The standard InChI is InChI=1S/C33H21NO/c1-33(2)25-12-6-3-9-18(25)22-15-23-19-10-4-7-13-26(19)34-27-16-21-20-11-5-8-14-28(20)35-29(21)17-24(27)30(31(22)33)32(23)34/h3-17H,1-2H3. The predicted molar refractivity (Wildman–Crippen MR) is 146 cm³/mol. The highest BCUT2D eigenvalue weighted by Gasteiger charge is 2.39. The summed E-state index contributed by atoms with van der Waals surface area (Å²) in [5.41, 5.74) is 11.2. The zero-order valence-corrected chi connectivity index (χ0v) is 19.5. The molecule has 0 fully saturated rings. The van der Waals surface area contributed by atoms with E-state index in [-0.39, 0.29) is 5.41 Å². The van der Waals surface area contributed by atoms with E-state index in [1.807, 2.05) is 6.07 Å². The van der Waals surface area contributed by atoms with Crippen LogP contribution >= 0.6 is 0 Å². The monoisotopic (exact) mass is 447 g/mol. The van der Waals surface area contributed by atoms with Crippen molar-refractivity contribution < 1.29 is 4.42 Å². The normalized spacial score (nSPS) is 14.8. The van der Waals surface area contributed by atoms with Gasteiger partial charge in [0.15, 0.2) is 0 Å². The van der Waals surface area contributed by atoms with Gasteiger partial charge < -0.3 is 8.82 Å². The van der Waals surface area contributed by atoms with Crippen molar-refractivity contribution in [1.82, 2.24) is 4.40 Å². The molecule has 0 amide bonds. The molecule has 0 radical (unpaired) electrons. The van der Waals surface area contributed by atoms with Crippen molar-refractivity contribution in [2.24, 2.45) is 0 Å². The molecule has 0 bridgehead atoms. The van der Waals surface area contributed by atoms with Gasteiger partial charge in [-0.15, -0.1) is 0 Å². The van der Waals surface area contributed by atoms with Crippen molar-refractivity contribution in [3.05, 3.63) is 102 Å². The van der Waals surface area contributed by atoms with Crippen LogP contribution in [0.2, 0.25) is 0 Å². The first-order valence-corrected chi connectivity index (χ1v) is 12.3. The van der Waals surface area contributed by atoms with E-state index in [2.05, 4.69) is 103 Å². The Bertz CT molecular complexity index is 2190. The van der Waals surface area contributed by atoms with E-state index in [9.17, 15) is 0 Å². The second-order valence-corrected chi connectivity index (χ2v) is 10.6. The van der Waals surface area contributed by atoms with Crippen molar-refractivity contribution in [2.75, 3.05) is 0 Å². The molecule has 0 aliphatic heterocycles. The van der Waals surface area contributed by atoms with Crippen LogP contribution in [-0.4, -0.2) is 4.40 Å². The lowest BCUT2D eigenvalue weighted by Crippen LogP contribution is -2.15. The third-order valence-electron chi connectivity index (χ3n) is 8.48. The highest BCUT2D eigenvalue weighted by Crippen LogP contribution is 2.55. The second kappa shape index (κ2) is 5.67. The van der Waals surface area contributed by atoms with Crippen LogP contribution in [0.4, 0.5) is 0 Å². The van der Waals surface area contributed by atoms with Gasteiger partial charge in [0.05, 0.1) is 16.6 Å². The van der Waals surface area contributed by atoms with Crippen LogP contribution in [0.5, 0.6) is 0 Å². The Morgan fingerprint density at radius 2 is 1.37 bits per heavy atom. The number of fused-ring (bicyclic) bond motifs is 13. The van der Waals surface area contributed by atoms with E-state index in [1.165, 1.54) is 71.1 Å². The topological polar surface area (TPSA) is 17.6 Å². The first-order valence-electron chi connectivity index (χ1n) is 12.3. The summed E-state index contributed by atoms with van der Waals surface area (Å²) in [5, 5.41) is 7.65. The summed E-state index contributed by atoms with van der Waals surface area (Å²) in [6.07, 6.45) is 0. The number of aromatic nitrogens is 1. The molecule has 9 rings (SSSR count). The fraction of sp³-hybridized carbons (Fsp3) is 0.0909. The molecule has 2 heteroatoms. The maximum absolute atomic E-state index is 6.36. The molecule has 1 aliphatic rings. The highest BCUT2D eigenvalue weighted by molar-refractivity contribution is 6.28. The van der Waals surface area contributed by atoms with Gasteiger partial charge >= 0.3 is 0 Å². The molecule has 0 spiro atoms. The van der Waals surface area contributed by atoms with Gasteiger partial charge in [0.1, 0.15) is 11.2 Å². The molecule has 2 nitrogen and oxygen atoms in total. The number of hydrogen-bond acceptors (Lipinski definition) is 1. The van der Waals surface area contributed by atoms with Gasteiger partial charge in [0.25, 0.3) is 0 Å². The summed E-state index contributed by atoms with van der Waals surface area (Å²) in [6.45, 7) is 4.76. The van der Waals surface area contributed by atoms with Crippen LogP contribution in [0.1, 0.15) is 25.0 Å². The number of furan rings is 1. The van der Waals surface area contributed by atoms with Crippen LogP contribution in [0.15, 0.2) is 95.4 Å². The van der Waals surface area contributed by atoms with Gasteiger partial charge in [0, 0.05) is 37.7 Å². The molecule has 0 saturated heterocycles. The van der Waals surface area contributed by atoms with E-state index in [0.717, 1.165) is 11.2 Å². The SMILES string of the molecule is CC1(C)c2ccccc2-c2cc3c4ccccc4n4c5cc6c(cc5c(c21)c34)oc1ccccc16. The highest BCUT2D eigenvalue weighted by atomic mass is 16.3. The molecule has 0 atom stereocenters. The minimum absolute atomic E-state index is 0.0822. The number of benzene rings is 5. The summed E-state index contributed by atoms with van der Waals surface area (Å²) in [5.74, 6) is 0. The van der Waals surface area contributed by atoms with Gasteiger partial charge in [-0.3, -0.25) is 0 Å². The molecule has 8 aromatic rings. The number of nitrogens with zero attached hydrogens (tertiary/aromatic N) is 1. The first-order chi connectivity index (χ1) is 17.1. The number of hydrogen-bond donors (Lipinski definition) is 0. The van der Waals surface area contributed by atoms with E-state index < -0.39 is 0 Å². The molecule has 1 aliphatic carbocycles. The van der Waals surface area contributed by atoms with Gasteiger partial charge in [-0.2, -0.15) is 0 Å². The number of para-hydroxylation sites is 2. The summed E-state index contributed by atoms with van der Waals surface area (Å²) in [4.78, 5) is 0. The molecule has 0 unspecified atom stereocenters. The van der Waals surface area contributed by atoms with Gasteiger partial charge in [-0.05, 0) is 52.6 Å². The minimum Gasteiger partial charge on any atom is -0.456 e. The third-order valence-corrected chi connectivity index (χ3v) is 8.48. The summed E-state index contributed by atoms with van der Waals surface area (Å²) in [7, 11) is 0. The summed E-state index contributed by atoms with van der Waals surface area (Å²) < 4.78 is 8.86. The smallest absolute Gasteiger partial charge is 0.136 e. The van der Waals surface area contributed by atoms with Crippen molar-refractivity contribution in [2.45, 2.75) is 19.3 Å². The van der Waals surface area contributed by atoms with E-state index in [0.29, 0.717) is 0 Å². The Morgan fingerprint density at radius 1 is 0.600 bits per heavy atom. The van der Waals surface area contributed by atoms with Crippen LogP contribution in [-0.2, 0) is 5.41 Å². The lowest BCUT2D eigenvalue weighted by Gasteiger charge is -2.22. The maximum atomic E-state index is 6.36. The largest absolute Gasteiger partial charge is 0.456 e. The third kappa shape index (κ3) is 1.93.